The number of sulfonamides is 1. The fraction of sp³-hybridized carbons (Fsp3) is 0.0789. The van der Waals surface area contributed by atoms with Crippen LogP contribution in [0.2, 0.25) is 0 Å². The topological polar surface area (TPSA) is 132 Å². The van der Waals surface area contributed by atoms with Crippen LogP contribution in [0.5, 0.6) is 0 Å². The molecule has 0 heterocycles. The van der Waals surface area contributed by atoms with E-state index in [1.165, 1.54) is 48.5 Å². The average molecular weight is 700 g/mol. The molecule has 0 amide bonds. The van der Waals surface area contributed by atoms with E-state index in [-0.39, 0.29) is 22.0 Å². The van der Waals surface area contributed by atoms with Gasteiger partial charge in [0.05, 0.1) is 16.2 Å². The molecule has 0 aromatic heterocycles. The van der Waals surface area contributed by atoms with Crippen LogP contribution in [0.3, 0.4) is 0 Å². The molecule has 1 aliphatic carbocycles. The summed E-state index contributed by atoms with van der Waals surface area (Å²) in [5, 5.41) is 14.3. The van der Waals surface area contributed by atoms with Crippen LogP contribution in [0.15, 0.2) is 131 Å². The zero-order chi connectivity index (χ0) is 35.5. The number of benzene rings is 5. The van der Waals surface area contributed by atoms with Gasteiger partial charge in [-0.25, -0.2) is 30.8 Å². The summed E-state index contributed by atoms with van der Waals surface area (Å²) in [6.07, 6.45) is 2.81. The number of fused-ring (bicyclic) bond motifs is 1. The molecule has 0 saturated heterocycles. The van der Waals surface area contributed by atoms with Gasteiger partial charge in [-0.1, -0.05) is 66.7 Å². The van der Waals surface area contributed by atoms with Gasteiger partial charge in [-0.3, -0.25) is 4.79 Å². The number of carboxylic acids is 1. The molecule has 250 valence electrons. The molecule has 5 aromatic carbocycles. The van der Waals surface area contributed by atoms with Gasteiger partial charge in [-0.05, 0) is 117 Å². The molecular formula is C38H31F2NO6S2. The van der Waals surface area contributed by atoms with Gasteiger partial charge >= 0.3 is 5.97 Å². The number of rotatable bonds is 7. The summed E-state index contributed by atoms with van der Waals surface area (Å²) in [4.78, 5) is 11.5. The van der Waals surface area contributed by atoms with Gasteiger partial charge in [-0.15, -0.1) is 0 Å². The molecule has 1 aliphatic rings. The van der Waals surface area contributed by atoms with Crippen molar-refractivity contribution in [3.63, 3.8) is 0 Å². The van der Waals surface area contributed by atoms with Crippen LogP contribution in [-0.4, -0.2) is 34.2 Å². The van der Waals surface area contributed by atoms with Crippen molar-refractivity contribution in [2.75, 3.05) is 6.26 Å². The molecule has 0 unspecified atom stereocenters. The summed E-state index contributed by atoms with van der Waals surface area (Å²) in [5.74, 6) is -1.68. The van der Waals surface area contributed by atoms with E-state index in [1.807, 2.05) is 37.3 Å². The average Bonchev–Trinajstić information content (AvgIpc) is 3.30. The van der Waals surface area contributed by atoms with Gasteiger partial charge in [0.15, 0.2) is 9.84 Å². The van der Waals surface area contributed by atoms with Gasteiger partial charge in [-0.2, -0.15) is 0 Å². The number of allylic oxidation sites excluding steroid dienone is 2. The standard InChI is InChI=1S/C20H17FO4S.C18H14FNO2S/c1-12-17(9-13-3-6-15(7-4-13)26(2,24)25)16-8-5-14(21)10-19(16)18(12)11-20(22)23;19-15-9-5-13(6-10-15)17-3-1-2-4-18(17)14-7-11-16(12-8-14)23(20,21)22/h3-10H,11H2,1-2H3,(H,22,23);1-12H,(H2,20,21,22)/b17-9-;. The Hall–Kier alpha value is -5.23. The predicted molar refractivity (Wildman–Crippen MR) is 187 cm³/mol. The second-order valence-electron chi connectivity index (χ2n) is 11.4. The molecule has 6 rings (SSSR count). The highest BCUT2D eigenvalue weighted by atomic mass is 32.2. The second kappa shape index (κ2) is 14.1. The zero-order valence-electron chi connectivity index (χ0n) is 26.4. The summed E-state index contributed by atoms with van der Waals surface area (Å²) < 4.78 is 72.6. The second-order valence-corrected chi connectivity index (χ2v) is 15.0. The van der Waals surface area contributed by atoms with Crippen LogP contribution in [0.4, 0.5) is 8.78 Å². The van der Waals surface area contributed by atoms with Crippen molar-refractivity contribution in [2.45, 2.75) is 23.1 Å². The maximum Gasteiger partial charge on any atom is 0.307 e. The van der Waals surface area contributed by atoms with Crippen LogP contribution in [-0.2, 0) is 24.7 Å². The molecule has 0 bridgehead atoms. The number of carboxylic acid groups (broad SMARTS) is 1. The summed E-state index contributed by atoms with van der Waals surface area (Å²) in [5.41, 5.74) is 7.93. The number of hydrogen-bond acceptors (Lipinski definition) is 5. The monoisotopic (exact) mass is 699 g/mol. The normalized spacial score (nSPS) is 13.5. The molecule has 5 aromatic rings. The summed E-state index contributed by atoms with van der Waals surface area (Å²) >= 11 is 0. The first kappa shape index (κ1) is 35.1. The van der Waals surface area contributed by atoms with E-state index in [1.54, 1.807) is 42.5 Å². The minimum absolute atomic E-state index is 0.0699. The highest BCUT2D eigenvalue weighted by Gasteiger charge is 2.25. The van der Waals surface area contributed by atoms with E-state index in [2.05, 4.69) is 0 Å². The largest absolute Gasteiger partial charge is 0.481 e. The number of carbonyl (C=O) groups is 1. The summed E-state index contributed by atoms with van der Waals surface area (Å²) in [6.45, 7) is 1.81. The molecule has 11 heteroatoms. The van der Waals surface area contributed by atoms with Crippen LogP contribution in [0.25, 0.3) is 39.5 Å². The first-order chi connectivity index (χ1) is 23.1. The van der Waals surface area contributed by atoms with Gasteiger partial charge in [0, 0.05) is 6.26 Å². The molecule has 49 heavy (non-hydrogen) atoms. The van der Waals surface area contributed by atoms with E-state index in [0.29, 0.717) is 11.1 Å². The molecule has 0 atom stereocenters. The van der Waals surface area contributed by atoms with E-state index in [9.17, 15) is 30.4 Å². The van der Waals surface area contributed by atoms with E-state index < -0.39 is 31.6 Å². The molecule has 0 aliphatic heterocycles. The number of primary sulfonamides is 1. The first-order valence-electron chi connectivity index (χ1n) is 14.8. The van der Waals surface area contributed by atoms with E-state index >= 15 is 0 Å². The third-order valence-corrected chi connectivity index (χ3v) is 10.0. The maximum absolute atomic E-state index is 13.7. The molecule has 0 radical (unpaired) electrons. The lowest BCUT2D eigenvalue weighted by Crippen LogP contribution is -2.11. The van der Waals surface area contributed by atoms with Crippen molar-refractivity contribution in [3.05, 3.63) is 149 Å². The fourth-order valence-corrected chi connectivity index (χ4v) is 6.70. The molecule has 3 N–H and O–H groups in total. The van der Waals surface area contributed by atoms with Crippen molar-refractivity contribution in [1.82, 2.24) is 0 Å². The first-order valence-corrected chi connectivity index (χ1v) is 18.3. The van der Waals surface area contributed by atoms with Gasteiger partial charge < -0.3 is 5.11 Å². The third kappa shape index (κ3) is 8.26. The van der Waals surface area contributed by atoms with Crippen molar-refractivity contribution in [2.24, 2.45) is 5.14 Å². The van der Waals surface area contributed by atoms with Crippen molar-refractivity contribution < 1.29 is 35.5 Å². The zero-order valence-corrected chi connectivity index (χ0v) is 28.0. The Balaban J connectivity index is 0.000000192. The van der Waals surface area contributed by atoms with Crippen molar-refractivity contribution in [1.29, 1.82) is 0 Å². The number of nitrogens with two attached hydrogens (primary N) is 1. The van der Waals surface area contributed by atoms with Gasteiger partial charge in [0.25, 0.3) is 0 Å². The van der Waals surface area contributed by atoms with E-state index in [4.69, 9.17) is 10.2 Å². The Morgan fingerprint density at radius 1 is 0.694 bits per heavy atom. The minimum atomic E-state index is -3.71. The molecule has 0 fully saturated rings. The molecule has 0 saturated carbocycles. The third-order valence-electron chi connectivity index (χ3n) is 7.98. The van der Waals surface area contributed by atoms with Crippen molar-refractivity contribution >= 4 is 43.1 Å². The van der Waals surface area contributed by atoms with Crippen LogP contribution < -0.4 is 5.14 Å². The number of halogens is 2. The van der Waals surface area contributed by atoms with Gasteiger partial charge in [0.2, 0.25) is 10.0 Å². The van der Waals surface area contributed by atoms with Crippen LogP contribution in [0.1, 0.15) is 30.0 Å². The number of sulfone groups is 1. The number of aliphatic carboxylic acids is 1. The van der Waals surface area contributed by atoms with E-state index in [0.717, 1.165) is 50.8 Å². The fourth-order valence-electron chi connectivity index (χ4n) is 5.55. The lowest BCUT2D eigenvalue weighted by molar-refractivity contribution is -0.135. The highest BCUT2D eigenvalue weighted by molar-refractivity contribution is 7.90. The Kier molecular flexibility index (Phi) is 10.1. The van der Waals surface area contributed by atoms with Gasteiger partial charge in [0.1, 0.15) is 11.6 Å². The van der Waals surface area contributed by atoms with Crippen molar-refractivity contribution in [3.8, 4) is 22.3 Å². The quantitative estimate of drug-likeness (QED) is 0.178. The Labute approximate surface area is 283 Å². The Morgan fingerprint density at radius 3 is 1.71 bits per heavy atom. The minimum Gasteiger partial charge on any atom is -0.481 e. The highest BCUT2D eigenvalue weighted by Crippen LogP contribution is 2.44. The van der Waals surface area contributed by atoms with Crippen LogP contribution >= 0.6 is 0 Å². The maximum atomic E-state index is 13.7. The Morgan fingerprint density at radius 2 is 1.20 bits per heavy atom. The smallest absolute Gasteiger partial charge is 0.307 e. The summed E-state index contributed by atoms with van der Waals surface area (Å²) in [6, 6.07) is 31.1. The molecular weight excluding hydrogens is 669 g/mol. The lowest BCUT2D eigenvalue weighted by atomic mass is 9.95. The Bertz CT molecular complexity index is 2330. The van der Waals surface area contributed by atoms with Crippen LogP contribution in [0, 0.1) is 11.6 Å². The molecule has 7 nitrogen and oxygen atoms in total. The molecule has 0 spiro atoms. The lowest BCUT2D eigenvalue weighted by Gasteiger charge is -2.10. The number of hydrogen-bond donors (Lipinski definition) is 2. The predicted octanol–water partition coefficient (Wildman–Crippen LogP) is 7.84. The SMILES string of the molecule is CC1=C(CC(=O)O)c2cc(F)ccc2/C1=C\c1ccc(S(C)(=O)=O)cc1.NS(=O)(=O)c1ccc(-c2ccccc2-c2ccc(F)cc2)cc1. The summed E-state index contributed by atoms with van der Waals surface area (Å²) in [7, 11) is -6.98.